The van der Waals surface area contributed by atoms with Crippen LogP contribution >= 0.6 is 0 Å². The van der Waals surface area contributed by atoms with Crippen molar-refractivity contribution in [2.24, 2.45) is 23.7 Å². The minimum atomic E-state index is -2.01. The van der Waals surface area contributed by atoms with Crippen LogP contribution in [-0.4, -0.2) is 0 Å². The number of fused-ring (bicyclic) bond motifs is 2. The molecular formula is C24H34Cl2Zr. The summed E-state index contributed by atoms with van der Waals surface area (Å²) in [5, 5.41) is 0. The van der Waals surface area contributed by atoms with Gasteiger partial charge in [0.15, 0.2) is 0 Å². The first kappa shape index (κ1) is 22.1. The van der Waals surface area contributed by atoms with Gasteiger partial charge in [-0.05, 0) is 0 Å². The summed E-state index contributed by atoms with van der Waals surface area (Å²) in [6.45, 7) is 5.02. The average Bonchev–Trinajstić information content (AvgIpc) is 3.23. The van der Waals surface area contributed by atoms with Crippen LogP contribution in [0, 0.1) is 23.7 Å². The first-order valence-corrected chi connectivity index (χ1v) is 17.3. The third-order valence-electron chi connectivity index (χ3n) is 8.65. The van der Waals surface area contributed by atoms with Crippen LogP contribution in [0.2, 0.25) is 15.5 Å². The van der Waals surface area contributed by atoms with Crippen LogP contribution in [-0.2, 0) is 20.3 Å². The molecule has 1 saturated heterocycles. The monoisotopic (exact) mass is 482 g/mol. The summed E-state index contributed by atoms with van der Waals surface area (Å²) in [6, 6.07) is 0. The number of rotatable bonds is 2. The van der Waals surface area contributed by atoms with E-state index in [0.29, 0.717) is 0 Å². The molecule has 0 radical (unpaired) electrons. The van der Waals surface area contributed by atoms with E-state index in [1.807, 2.05) is 11.1 Å². The van der Waals surface area contributed by atoms with E-state index in [9.17, 15) is 0 Å². The molecule has 148 valence electrons. The smallest absolute Gasteiger partial charge is 1.00 e. The third kappa shape index (κ3) is 3.68. The van der Waals surface area contributed by atoms with Crippen molar-refractivity contribution in [2.75, 3.05) is 0 Å². The summed E-state index contributed by atoms with van der Waals surface area (Å²) >= 11 is -2.01. The maximum Gasteiger partial charge on any atom is -1.00 e. The molecule has 0 N–H and O–H groups in total. The standard InChI is InChI=1S/2C11H15.C2H4.2ClH.Zr/c2*1-9-5-2-3-6-10-7-4-8-11(9)10;1-2;;;/h2*2-3,6-7,9,11H,4-5,8H2,1H3;1-2H2;2*1H;/q;;;;;+2/p-2. The minimum absolute atomic E-state index is 0. The Kier molecular flexibility index (Phi) is 7.09. The van der Waals surface area contributed by atoms with Crippen molar-refractivity contribution in [2.45, 2.75) is 67.9 Å². The number of halogens is 2. The van der Waals surface area contributed by atoms with Gasteiger partial charge in [0.1, 0.15) is 0 Å². The second-order valence-electron chi connectivity index (χ2n) is 9.82. The van der Waals surface area contributed by atoms with Crippen molar-refractivity contribution in [1.29, 1.82) is 0 Å². The van der Waals surface area contributed by atoms with Crippen LogP contribution < -0.4 is 24.8 Å². The second-order valence-corrected chi connectivity index (χ2v) is 21.8. The van der Waals surface area contributed by atoms with E-state index >= 15 is 0 Å². The fourth-order valence-corrected chi connectivity index (χ4v) is 25.1. The fraction of sp³-hybridized carbons (Fsp3) is 0.667. The Labute approximate surface area is 183 Å². The van der Waals surface area contributed by atoms with E-state index in [1.165, 1.54) is 25.7 Å². The Bertz CT molecular complexity index is 616. The summed E-state index contributed by atoms with van der Waals surface area (Å²) in [7, 11) is 0. The van der Waals surface area contributed by atoms with Crippen molar-refractivity contribution in [1.82, 2.24) is 0 Å². The molecule has 1 aliphatic heterocycles. The molecule has 0 aromatic heterocycles. The zero-order chi connectivity index (χ0) is 17.0. The van der Waals surface area contributed by atoms with Gasteiger partial charge in [-0.15, -0.1) is 0 Å². The Morgan fingerprint density at radius 3 is 1.56 bits per heavy atom. The van der Waals surface area contributed by atoms with Crippen LogP contribution in [0.5, 0.6) is 0 Å². The van der Waals surface area contributed by atoms with Crippen molar-refractivity contribution in [3.05, 3.63) is 47.6 Å². The Morgan fingerprint density at radius 1 is 0.704 bits per heavy atom. The molecule has 0 bridgehead atoms. The van der Waals surface area contributed by atoms with Gasteiger partial charge in [-0.3, -0.25) is 0 Å². The molecule has 0 aromatic rings. The Balaban J connectivity index is 0.00000105. The summed E-state index contributed by atoms with van der Waals surface area (Å²) in [5.74, 6) is 3.61. The molecule has 0 nitrogen and oxygen atoms in total. The van der Waals surface area contributed by atoms with E-state index in [0.717, 1.165) is 30.9 Å². The molecule has 3 heteroatoms. The maximum absolute atomic E-state index is 2.60. The summed E-state index contributed by atoms with van der Waals surface area (Å²) in [5.41, 5.74) is 3.88. The normalized spacial score (nSPS) is 39.9. The topological polar surface area (TPSA) is 0 Å². The van der Waals surface area contributed by atoms with Crippen LogP contribution in [0.15, 0.2) is 47.6 Å². The number of allylic oxidation sites excluding steroid dienone is 8. The van der Waals surface area contributed by atoms with E-state index in [-0.39, 0.29) is 24.8 Å². The molecule has 1 heterocycles. The second kappa shape index (κ2) is 8.65. The molecule has 6 atom stereocenters. The molecule has 0 spiro atoms. The van der Waals surface area contributed by atoms with E-state index in [1.54, 1.807) is 21.1 Å². The van der Waals surface area contributed by atoms with Gasteiger partial charge in [-0.2, -0.15) is 0 Å². The SMILES string of the molecule is CC1CC=CC=C2C1CC[CH]2[Zr+2]1([CH]2CCC3C2=CC=CCC3C)[CH2][CH2]1.[Cl-].[Cl-]. The van der Waals surface area contributed by atoms with E-state index < -0.39 is 20.3 Å². The van der Waals surface area contributed by atoms with Gasteiger partial charge in [0.25, 0.3) is 0 Å². The molecule has 4 aliphatic carbocycles. The number of hydrogen-bond donors (Lipinski definition) is 0. The van der Waals surface area contributed by atoms with Gasteiger partial charge in [-0.25, -0.2) is 0 Å². The van der Waals surface area contributed by atoms with Crippen molar-refractivity contribution >= 4 is 0 Å². The maximum atomic E-state index is 2.60. The summed E-state index contributed by atoms with van der Waals surface area (Å²) in [4.78, 5) is 0. The molecular weight excluding hydrogens is 450 g/mol. The largest absolute Gasteiger partial charge is 1.00 e. The van der Waals surface area contributed by atoms with Gasteiger partial charge in [-0.1, -0.05) is 0 Å². The average molecular weight is 485 g/mol. The molecule has 0 aromatic carbocycles. The third-order valence-corrected chi connectivity index (χ3v) is 22.6. The summed E-state index contributed by atoms with van der Waals surface area (Å²) < 4.78 is 5.59. The van der Waals surface area contributed by atoms with Crippen molar-refractivity contribution in [3.63, 3.8) is 0 Å². The van der Waals surface area contributed by atoms with Gasteiger partial charge >= 0.3 is 159 Å². The summed E-state index contributed by atoms with van der Waals surface area (Å²) in [6.07, 6.45) is 23.6. The molecule has 27 heavy (non-hydrogen) atoms. The quantitative estimate of drug-likeness (QED) is 0.557. The molecule has 0 amide bonds. The zero-order valence-electron chi connectivity index (χ0n) is 16.8. The molecule has 5 aliphatic rings. The molecule has 2 saturated carbocycles. The van der Waals surface area contributed by atoms with Crippen molar-refractivity contribution in [3.8, 4) is 0 Å². The predicted octanol–water partition coefficient (Wildman–Crippen LogP) is 1.44. The van der Waals surface area contributed by atoms with Crippen LogP contribution in [0.3, 0.4) is 0 Å². The van der Waals surface area contributed by atoms with Gasteiger partial charge in [0, 0.05) is 0 Å². The van der Waals surface area contributed by atoms with Crippen LogP contribution in [0.25, 0.3) is 0 Å². The molecule has 5 rings (SSSR count). The first-order chi connectivity index (χ1) is 12.2. The molecule has 3 fully saturated rings. The van der Waals surface area contributed by atoms with Crippen molar-refractivity contribution < 1.29 is 45.1 Å². The van der Waals surface area contributed by atoms with Gasteiger partial charge < -0.3 is 24.8 Å². The minimum Gasteiger partial charge on any atom is -1.00 e. The Morgan fingerprint density at radius 2 is 1.15 bits per heavy atom. The van der Waals surface area contributed by atoms with Gasteiger partial charge in [0.2, 0.25) is 0 Å². The van der Waals surface area contributed by atoms with E-state index in [2.05, 4.69) is 50.3 Å². The first-order valence-electron chi connectivity index (χ1n) is 10.9. The Hall–Kier alpha value is 0.423. The number of hydrogen-bond acceptors (Lipinski definition) is 0. The van der Waals surface area contributed by atoms with Gasteiger partial charge in [0.05, 0.1) is 0 Å². The molecule has 6 unspecified atom stereocenters. The zero-order valence-corrected chi connectivity index (χ0v) is 20.8. The fourth-order valence-electron chi connectivity index (χ4n) is 7.18. The van der Waals surface area contributed by atoms with E-state index in [4.69, 9.17) is 0 Å². The van der Waals surface area contributed by atoms with Crippen LogP contribution in [0.1, 0.15) is 52.4 Å². The van der Waals surface area contributed by atoms with Crippen LogP contribution in [0.4, 0.5) is 0 Å². The predicted molar refractivity (Wildman–Crippen MR) is 105 cm³/mol.